The Morgan fingerprint density at radius 3 is 1.01 bits per heavy atom. The highest BCUT2D eigenvalue weighted by atomic mass is 79.9. The molecule has 5 amide bonds. The van der Waals surface area contributed by atoms with E-state index < -0.39 is 40.0 Å². The van der Waals surface area contributed by atoms with E-state index >= 15 is 0 Å². The second-order valence-corrected chi connectivity index (χ2v) is 37.5. The number of rotatable bonds is 15. The number of carbonyl (C=O) groups excluding carboxylic acids is 5. The van der Waals surface area contributed by atoms with E-state index in [4.69, 9.17) is 65.0 Å². The molecule has 4 aromatic heterocycles. The lowest BCUT2D eigenvalue weighted by Crippen LogP contribution is -2.56. The fourth-order valence-corrected chi connectivity index (χ4v) is 16.3. The molecule has 0 bridgehead atoms. The highest BCUT2D eigenvalue weighted by Gasteiger charge is 2.43. The lowest BCUT2D eigenvalue weighted by Gasteiger charge is -2.43. The number of fused-ring (bicyclic) bond motifs is 4. The Labute approximate surface area is 738 Å². The molecule has 22 nitrogen and oxygen atoms in total. The fraction of sp³-hybridized carbons (Fsp3) is 0.366. The van der Waals surface area contributed by atoms with Crippen molar-refractivity contribution in [2.24, 2.45) is 5.73 Å². The van der Waals surface area contributed by atoms with Crippen molar-refractivity contribution in [3.05, 3.63) is 270 Å². The van der Waals surface area contributed by atoms with Crippen molar-refractivity contribution in [2.75, 3.05) is 19.6 Å². The van der Waals surface area contributed by atoms with Crippen molar-refractivity contribution in [1.29, 1.82) is 0 Å². The Hall–Kier alpha value is -10.7. The lowest BCUT2D eigenvalue weighted by molar-refractivity contribution is -0.139. The minimum absolute atomic E-state index is 0.00249. The number of nitrogens with zero attached hydrogens (tertiary/aromatic N) is 11. The molecule has 4 aliphatic heterocycles. The van der Waals surface area contributed by atoms with E-state index in [1.807, 2.05) is 119 Å². The van der Waals surface area contributed by atoms with E-state index in [-0.39, 0.29) is 72.7 Å². The second-order valence-electron chi connectivity index (χ2n) is 35.4. The molecular formula is C93H103BrCl3F4N15O7. The number of benzene rings is 7. The Kier molecular flexibility index (Phi) is 27.8. The van der Waals surface area contributed by atoms with Gasteiger partial charge in [-0.2, -0.15) is 0 Å². The minimum atomic E-state index is -0.653. The molecule has 0 aliphatic carbocycles. The van der Waals surface area contributed by atoms with Crippen LogP contribution >= 0.6 is 50.7 Å². The predicted octanol–water partition coefficient (Wildman–Crippen LogP) is 18.5. The Morgan fingerprint density at radius 1 is 0.415 bits per heavy atom. The quantitative estimate of drug-likeness (QED) is 0.0698. The van der Waals surface area contributed by atoms with Gasteiger partial charge in [0.15, 0.2) is 0 Å². The summed E-state index contributed by atoms with van der Waals surface area (Å²) in [6.07, 6.45) is 0.737. The summed E-state index contributed by atoms with van der Waals surface area (Å²) >= 11 is 21.8. The van der Waals surface area contributed by atoms with Gasteiger partial charge in [0.2, 0.25) is 17.7 Å². The van der Waals surface area contributed by atoms with Crippen LogP contribution in [0.2, 0.25) is 15.1 Å². The summed E-state index contributed by atoms with van der Waals surface area (Å²) in [5, 5.41) is 10.7. The highest BCUT2D eigenvalue weighted by Crippen LogP contribution is 2.40. The maximum absolute atomic E-state index is 13.7. The normalized spacial score (nSPS) is 15.2. The van der Waals surface area contributed by atoms with Crippen LogP contribution in [0.3, 0.4) is 0 Å². The van der Waals surface area contributed by atoms with Crippen LogP contribution in [0.4, 0.5) is 27.2 Å². The molecule has 648 valence electrons. The molecule has 11 aromatic rings. The van der Waals surface area contributed by atoms with E-state index in [1.165, 1.54) is 54.1 Å². The first-order valence-corrected chi connectivity index (χ1v) is 42.4. The first-order chi connectivity index (χ1) is 57.9. The molecule has 123 heavy (non-hydrogen) atoms. The minimum Gasteiger partial charge on any atom is -0.444 e. The van der Waals surface area contributed by atoms with Crippen LogP contribution in [-0.4, -0.2) is 136 Å². The second kappa shape index (κ2) is 37.4. The van der Waals surface area contributed by atoms with E-state index in [0.29, 0.717) is 67.1 Å². The van der Waals surface area contributed by atoms with Crippen molar-refractivity contribution in [3.63, 3.8) is 0 Å². The molecule has 0 fully saturated rings. The topological polar surface area (TPSA) is 247 Å². The van der Waals surface area contributed by atoms with Gasteiger partial charge in [0.25, 0.3) is 0 Å². The third kappa shape index (κ3) is 22.8. The number of carbonyl (C=O) groups is 5. The molecule has 0 saturated heterocycles. The number of imidazole rings is 4. The molecule has 15 rings (SSSR count). The van der Waals surface area contributed by atoms with Crippen LogP contribution in [0.1, 0.15) is 154 Å². The number of alkyl carbamates (subject to hydrolysis) is 2. The van der Waals surface area contributed by atoms with Crippen molar-refractivity contribution in [1.82, 2.24) is 68.9 Å². The molecule has 8 heterocycles. The lowest BCUT2D eigenvalue weighted by atomic mass is 9.98. The number of nitrogens with two attached hydrogens (primary N) is 1. The number of amides is 5. The van der Waals surface area contributed by atoms with E-state index in [9.17, 15) is 41.5 Å². The number of hydrogen-bond donors (Lipinski definition) is 4. The largest absolute Gasteiger partial charge is 0.444 e. The summed E-state index contributed by atoms with van der Waals surface area (Å²) in [7, 11) is 0. The van der Waals surface area contributed by atoms with Crippen LogP contribution in [0.15, 0.2) is 174 Å². The van der Waals surface area contributed by atoms with Gasteiger partial charge in [-0.05, 0) is 263 Å². The smallest absolute Gasteiger partial charge is 0.408 e. The first kappa shape index (κ1) is 91.5. The highest BCUT2D eigenvalue weighted by molar-refractivity contribution is 9.10. The van der Waals surface area contributed by atoms with E-state index in [1.54, 1.807) is 105 Å². The molecule has 0 spiro atoms. The van der Waals surface area contributed by atoms with Crippen molar-refractivity contribution >= 4 is 80.6 Å². The summed E-state index contributed by atoms with van der Waals surface area (Å²) in [6, 6.07) is 48.6. The van der Waals surface area contributed by atoms with Gasteiger partial charge in [0.05, 0.1) is 77.8 Å². The van der Waals surface area contributed by atoms with Crippen molar-refractivity contribution in [3.8, 4) is 45.0 Å². The summed E-state index contributed by atoms with van der Waals surface area (Å²) in [6.45, 7) is 30.7. The average molecular weight is 1810 g/mol. The molecule has 0 atom stereocenters. The molecular weight excluding hydrogens is 1700 g/mol. The SMILES string of the molecule is CC(C)(C)OC(=O)NCC(=O)N1Cc2nc(-c3ccc(F)cc3)c(Br)n2CC1(C)C.CC(C)(C)OC(=O)NCC(=O)N1Cc2nc(-c3ccc(F)cc3)c(Cc3ccc(Cl)cc3)n2CC1(C)C.CC1(C)Cn2c(nc(-c3ccc(F)cc3)c2Cc2ccc(Cl)cc2)CN1.CC1(C)Cn2c(nc(-c3ccc(F)cc3)c2Cc2ccc(Cl)cc2)CN1C(=O)CN. The predicted molar refractivity (Wildman–Crippen MR) is 473 cm³/mol. The fourth-order valence-electron chi connectivity index (χ4n) is 15.3. The van der Waals surface area contributed by atoms with E-state index in [0.717, 1.165) is 114 Å². The summed E-state index contributed by atoms with van der Waals surface area (Å²) in [5.74, 6) is 1.56. The third-order valence-electron chi connectivity index (χ3n) is 21.4. The van der Waals surface area contributed by atoms with Crippen molar-refractivity contribution < 1.29 is 51.0 Å². The monoisotopic (exact) mass is 1800 g/mol. The molecule has 0 saturated carbocycles. The summed E-state index contributed by atoms with van der Waals surface area (Å²) < 4.78 is 73.7. The average Bonchev–Trinajstić information content (AvgIpc) is 1.63. The molecule has 7 aromatic carbocycles. The van der Waals surface area contributed by atoms with Crippen LogP contribution in [-0.2, 0) is 95.5 Å². The molecule has 4 aliphatic rings. The van der Waals surface area contributed by atoms with Crippen LogP contribution in [0.5, 0.6) is 0 Å². The molecule has 30 heteroatoms. The first-order valence-electron chi connectivity index (χ1n) is 40.5. The standard InChI is InChI=1S/C28H32ClFN4O3.C23H24ClFN4O.C21H26BrFN4O3.C21H21ClFN3/c1-27(2,3)37-26(36)31-15-24(35)34-16-23-32-25(19-8-12-21(30)13-9-19)22(33(23)17-28(34,4)5)14-18-6-10-20(29)11-7-18;1-23(2)14-28-19(11-15-3-7-17(24)8-4-15)22(16-5-9-18(25)10-6-16)27-20(28)13-29(23)21(30)12-26;1-20(2,3)30-19(29)24-10-16(28)27-11-15-25-17(13-6-8-14(23)9-7-13)18(22)26(15)12-21(27,4)5;1-21(2)13-26-18(11-14-3-7-16(22)8-4-14)20(25-19(26)12-24-21)15-5-9-17(23)10-6-15/h6-13H,14-17H2,1-5H3,(H,31,36);3-10H,11-14,26H2,1-2H3;6-9H,10-12H2,1-5H3,(H,24,29);3-10,24H,11-13H2,1-2H3. The van der Waals surface area contributed by atoms with Crippen LogP contribution in [0, 0.1) is 23.3 Å². The van der Waals surface area contributed by atoms with Crippen molar-refractivity contribution in [2.45, 2.75) is 202 Å². The maximum Gasteiger partial charge on any atom is 0.408 e. The van der Waals surface area contributed by atoms with Gasteiger partial charge >= 0.3 is 12.2 Å². The number of halogens is 8. The van der Waals surface area contributed by atoms with Crippen LogP contribution < -0.4 is 21.7 Å². The van der Waals surface area contributed by atoms with Gasteiger partial charge in [-0.25, -0.2) is 47.1 Å². The third-order valence-corrected chi connectivity index (χ3v) is 23.0. The number of aromatic nitrogens is 8. The Morgan fingerprint density at radius 2 is 0.691 bits per heavy atom. The molecule has 0 unspecified atom stereocenters. The zero-order valence-electron chi connectivity index (χ0n) is 71.4. The van der Waals surface area contributed by atoms with Gasteiger partial charge in [0, 0.05) is 94.0 Å². The van der Waals surface area contributed by atoms with Crippen LogP contribution in [0.25, 0.3) is 45.0 Å². The van der Waals surface area contributed by atoms with E-state index in [2.05, 4.69) is 64.4 Å². The number of hydrogen-bond acceptors (Lipinski definition) is 13. The van der Waals surface area contributed by atoms with Gasteiger partial charge in [0.1, 0.15) is 81.2 Å². The Balaban J connectivity index is 0.000000151. The number of ether oxygens (including phenoxy) is 2. The maximum atomic E-state index is 13.7. The van der Waals surface area contributed by atoms with Gasteiger partial charge in [-0.3, -0.25) is 14.4 Å². The number of nitrogens with one attached hydrogen (secondary N) is 3. The summed E-state index contributed by atoms with van der Waals surface area (Å²) in [5.41, 5.74) is 16.0. The van der Waals surface area contributed by atoms with Gasteiger partial charge in [-0.1, -0.05) is 71.2 Å². The Bertz CT molecular complexity index is 5650. The summed E-state index contributed by atoms with van der Waals surface area (Å²) in [4.78, 5) is 87.0. The zero-order chi connectivity index (χ0) is 89.0. The van der Waals surface area contributed by atoms with Gasteiger partial charge in [-0.15, -0.1) is 0 Å². The molecule has 5 N–H and O–H groups in total. The zero-order valence-corrected chi connectivity index (χ0v) is 75.3. The van der Waals surface area contributed by atoms with Gasteiger partial charge < -0.3 is 64.1 Å². The molecule has 0 radical (unpaired) electrons.